The van der Waals surface area contributed by atoms with Crippen molar-refractivity contribution in [3.8, 4) is 28.2 Å². The number of aromatic nitrogens is 2. The van der Waals surface area contributed by atoms with Crippen molar-refractivity contribution in [1.82, 2.24) is 9.55 Å². The molecular weight excluding hydrogens is 585 g/mol. The predicted molar refractivity (Wildman–Crippen MR) is 202 cm³/mol. The smallest absolute Gasteiger partial charge is 0.149 e. The molecular formula is C45H36N2O. The maximum Gasteiger partial charge on any atom is 0.149 e. The van der Waals surface area contributed by atoms with Gasteiger partial charge in [0.1, 0.15) is 17.0 Å². The van der Waals surface area contributed by atoms with Gasteiger partial charge in [0.2, 0.25) is 0 Å². The van der Waals surface area contributed by atoms with E-state index in [0.29, 0.717) is 11.8 Å². The molecule has 0 saturated carbocycles. The van der Waals surface area contributed by atoms with Crippen LogP contribution in [0.15, 0.2) is 138 Å². The van der Waals surface area contributed by atoms with E-state index in [-0.39, 0.29) is 0 Å². The van der Waals surface area contributed by atoms with E-state index in [1.54, 1.807) is 0 Å². The van der Waals surface area contributed by atoms with Gasteiger partial charge in [-0.25, -0.2) is 4.98 Å². The van der Waals surface area contributed by atoms with Gasteiger partial charge in [0.15, 0.2) is 0 Å². The van der Waals surface area contributed by atoms with Crippen molar-refractivity contribution >= 4 is 54.5 Å². The van der Waals surface area contributed by atoms with E-state index in [9.17, 15) is 0 Å². The van der Waals surface area contributed by atoms with Crippen LogP contribution in [0.5, 0.6) is 0 Å². The first-order valence-corrected chi connectivity index (χ1v) is 16.9. The molecule has 48 heavy (non-hydrogen) atoms. The molecule has 0 bridgehead atoms. The van der Waals surface area contributed by atoms with Crippen molar-refractivity contribution in [2.24, 2.45) is 0 Å². The van der Waals surface area contributed by atoms with Crippen LogP contribution in [0.2, 0.25) is 0 Å². The van der Waals surface area contributed by atoms with Gasteiger partial charge in [0.05, 0.1) is 22.3 Å². The summed E-state index contributed by atoms with van der Waals surface area (Å²) in [6, 6.07) is 47.9. The van der Waals surface area contributed by atoms with Gasteiger partial charge in [-0.1, -0.05) is 119 Å². The molecule has 0 radical (unpaired) electrons. The topological polar surface area (TPSA) is 31.0 Å². The Morgan fingerprint density at radius 2 is 1.15 bits per heavy atom. The Morgan fingerprint density at radius 3 is 1.94 bits per heavy atom. The lowest BCUT2D eigenvalue weighted by atomic mass is 9.88. The molecule has 0 aliphatic heterocycles. The minimum Gasteiger partial charge on any atom is -0.455 e. The number of fused-ring (bicyclic) bond motifs is 8. The van der Waals surface area contributed by atoms with Gasteiger partial charge >= 0.3 is 0 Å². The van der Waals surface area contributed by atoms with Crippen LogP contribution >= 0.6 is 0 Å². The van der Waals surface area contributed by atoms with E-state index in [4.69, 9.17) is 9.40 Å². The number of imidazole rings is 1. The molecule has 0 amide bonds. The van der Waals surface area contributed by atoms with Gasteiger partial charge in [-0.05, 0) is 92.7 Å². The fourth-order valence-electron chi connectivity index (χ4n) is 7.57. The summed E-state index contributed by atoms with van der Waals surface area (Å²) in [6.45, 7) is 9.19. The molecule has 0 aliphatic carbocycles. The van der Waals surface area contributed by atoms with Crippen molar-refractivity contribution in [1.29, 1.82) is 0 Å². The lowest BCUT2D eigenvalue weighted by molar-refractivity contribution is 0.673. The monoisotopic (exact) mass is 620 g/mol. The van der Waals surface area contributed by atoms with Crippen LogP contribution in [-0.4, -0.2) is 9.55 Å². The van der Waals surface area contributed by atoms with E-state index in [1.165, 1.54) is 44.1 Å². The summed E-state index contributed by atoms with van der Waals surface area (Å²) in [5.41, 5.74) is 11.1. The normalized spacial score (nSPS) is 12.1. The quantitative estimate of drug-likeness (QED) is 0.179. The molecule has 2 aromatic heterocycles. The van der Waals surface area contributed by atoms with E-state index in [1.807, 2.05) is 0 Å². The Bertz CT molecular complexity index is 2640. The highest BCUT2D eigenvalue weighted by Crippen LogP contribution is 2.44. The van der Waals surface area contributed by atoms with Gasteiger partial charge in [-0.2, -0.15) is 0 Å². The summed E-state index contributed by atoms with van der Waals surface area (Å²) in [4.78, 5) is 5.37. The molecule has 3 heteroatoms. The third-order valence-electron chi connectivity index (χ3n) is 9.93. The highest BCUT2D eigenvalue weighted by atomic mass is 16.3. The SMILES string of the molecule is CC(C)c1cc(-c2ccccc2)cc(C(C)C)c1-n1c(-c2cccc3c2oc2c3ccc3c4ccccc4ccc32)nc2ccccc21. The first-order valence-electron chi connectivity index (χ1n) is 16.9. The number of para-hydroxylation sites is 3. The summed E-state index contributed by atoms with van der Waals surface area (Å²) >= 11 is 0. The number of benzene rings is 7. The molecule has 7 aromatic carbocycles. The zero-order valence-corrected chi connectivity index (χ0v) is 27.7. The molecule has 2 heterocycles. The molecule has 232 valence electrons. The first-order chi connectivity index (χ1) is 23.5. The van der Waals surface area contributed by atoms with Crippen LogP contribution in [0, 0.1) is 0 Å². The Morgan fingerprint density at radius 1 is 0.521 bits per heavy atom. The zero-order valence-electron chi connectivity index (χ0n) is 27.7. The first kappa shape index (κ1) is 28.5. The van der Waals surface area contributed by atoms with Crippen LogP contribution in [-0.2, 0) is 0 Å². The van der Waals surface area contributed by atoms with Gasteiger partial charge in [-0.3, -0.25) is 4.57 Å². The Balaban J connectivity index is 1.36. The molecule has 3 nitrogen and oxygen atoms in total. The summed E-state index contributed by atoms with van der Waals surface area (Å²) in [5.74, 6) is 1.48. The molecule has 0 saturated heterocycles. The van der Waals surface area contributed by atoms with E-state index >= 15 is 0 Å². The lowest BCUT2D eigenvalue weighted by Crippen LogP contribution is -2.09. The molecule has 0 fully saturated rings. The van der Waals surface area contributed by atoms with Gasteiger partial charge in [-0.15, -0.1) is 0 Å². The summed E-state index contributed by atoms with van der Waals surface area (Å²) < 4.78 is 9.37. The molecule has 0 spiro atoms. The number of hydrogen-bond acceptors (Lipinski definition) is 2. The minimum atomic E-state index is 0.290. The number of rotatable bonds is 5. The van der Waals surface area contributed by atoms with Crippen molar-refractivity contribution in [3.05, 3.63) is 145 Å². The zero-order chi connectivity index (χ0) is 32.5. The Kier molecular flexibility index (Phi) is 6.52. The maximum atomic E-state index is 6.97. The molecule has 0 unspecified atom stereocenters. The second-order valence-corrected chi connectivity index (χ2v) is 13.5. The minimum absolute atomic E-state index is 0.290. The number of furan rings is 1. The largest absolute Gasteiger partial charge is 0.455 e. The van der Waals surface area contributed by atoms with Crippen LogP contribution < -0.4 is 0 Å². The summed E-state index contributed by atoms with van der Waals surface area (Å²) in [5, 5.41) is 7.02. The highest BCUT2D eigenvalue weighted by molar-refractivity contribution is 6.21. The standard InChI is InChI=1S/C45H36N2O/c1-27(2)38-25-31(29-13-6-5-7-14-29)26-39(28(3)4)42(38)47-41-20-11-10-19-40(41)46-45(47)37-18-12-17-34-36-24-23-33-32-16-9-8-15-30(32)21-22-35(33)43(36)48-44(34)37/h5-28H,1-4H3. The second kappa shape index (κ2) is 11.0. The molecule has 0 N–H and O–H groups in total. The molecule has 0 atom stereocenters. The van der Waals surface area contributed by atoms with E-state index in [2.05, 4.69) is 166 Å². The van der Waals surface area contributed by atoms with Crippen molar-refractivity contribution < 1.29 is 4.42 Å². The third-order valence-corrected chi connectivity index (χ3v) is 9.93. The Labute approximate surface area is 280 Å². The van der Waals surface area contributed by atoms with Gasteiger partial charge in [0, 0.05) is 16.2 Å². The molecule has 9 rings (SSSR count). The number of nitrogens with zero attached hydrogens (tertiary/aromatic N) is 2. The second-order valence-electron chi connectivity index (χ2n) is 13.5. The molecule has 0 aliphatic rings. The lowest BCUT2D eigenvalue weighted by Gasteiger charge is -2.24. The van der Waals surface area contributed by atoms with Crippen LogP contribution in [0.25, 0.3) is 82.7 Å². The maximum absolute atomic E-state index is 6.97. The van der Waals surface area contributed by atoms with Crippen LogP contribution in [0.3, 0.4) is 0 Å². The van der Waals surface area contributed by atoms with Crippen molar-refractivity contribution in [2.75, 3.05) is 0 Å². The van der Waals surface area contributed by atoms with E-state index in [0.717, 1.165) is 49.7 Å². The highest BCUT2D eigenvalue weighted by Gasteiger charge is 2.25. The average Bonchev–Trinajstić information content (AvgIpc) is 3.70. The number of hydrogen-bond donors (Lipinski definition) is 0. The van der Waals surface area contributed by atoms with Crippen LogP contribution in [0.4, 0.5) is 0 Å². The fraction of sp³-hybridized carbons (Fsp3) is 0.133. The molecule has 9 aromatic rings. The van der Waals surface area contributed by atoms with Gasteiger partial charge in [0.25, 0.3) is 0 Å². The Hall–Kier alpha value is -5.67. The van der Waals surface area contributed by atoms with Crippen molar-refractivity contribution in [2.45, 2.75) is 39.5 Å². The van der Waals surface area contributed by atoms with E-state index < -0.39 is 0 Å². The van der Waals surface area contributed by atoms with Crippen molar-refractivity contribution in [3.63, 3.8) is 0 Å². The van der Waals surface area contributed by atoms with Crippen LogP contribution in [0.1, 0.15) is 50.7 Å². The average molecular weight is 621 g/mol. The summed E-state index contributed by atoms with van der Waals surface area (Å²) in [7, 11) is 0. The predicted octanol–water partition coefficient (Wildman–Crippen LogP) is 12.8. The summed E-state index contributed by atoms with van der Waals surface area (Å²) in [6.07, 6.45) is 0. The fourth-order valence-corrected chi connectivity index (χ4v) is 7.57. The third kappa shape index (κ3) is 4.31. The van der Waals surface area contributed by atoms with Gasteiger partial charge < -0.3 is 4.42 Å².